The molecule has 1 heterocycles. The summed E-state index contributed by atoms with van der Waals surface area (Å²) in [5, 5.41) is 9.33. The number of phenols is 1. The molecule has 0 radical (unpaired) electrons. The lowest BCUT2D eigenvalue weighted by Gasteiger charge is -2.16. The molecule has 1 aromatic rings. The molecular weight excluding hydrogens is 156 g/mol. The van der Waals surface area contributed by atoms with Crippen molar-refractivity contribution in [1.29, 1.82) is 0 Å². The van der Waals surface area contributed by atoms with E-state index in [0.29, 0.717) is 24.3 Å². The monoisotopic (exact) mass is 164 g/mol. The summed E-state index contributed by atoms with van der Waals surface area (Å²) in [5.41, 5.74) is 0.323. The van der Waals surface area contributed by atoms with Gasteiger partial charge in [-0.05, 0) is 12.1 Å². The molecule has 0 saturated heterocycles. The zero-order chi connectivity index (χ0) is 8.55. The zero-order valence-corrected chi connectivity index (χ0v) is 6.41. The van der Waals surface area contributed by atoms with Crippen LogP contribution in [0.5, 0.6) is 11.5 Å². The first-order chi connectivity index (χ1) is 5.79. The first-order valence-corrected chi connectivity index (χ1v) is 3.77. The Morgan fingerprint density at radius 1 is 1.42 bits per heavy atom. The number of benzene rings is 1. The molecule has 3 heteroatoms. The fourth-order valence-corrected chi connectivity index (χ4v) is 1.30. The van der Waals surface area contributed by atoms with Crippen molar-refractivity contribution in [3.05, 3.63) is 23.8 Å². The maximum absolute atomic E-state index is 11.3. The van der Waals surface area contributed by atoms with Crippen molar-refractivity contribution >= 4 is 5.78 Å². The third-order valence-electron chi connectivity index (χ3n) is 1.87. The average Bonchev–Trinajstić information content (AvgIpc) is 2.04. The molecular formula is C9H8O3. The lowest BCUT2D eigenvalue weighted by atomic mass is 10.0. The molecule has 0 amide bonds. The van der Waals surface area contributed by atoms with Crippen molar-refractivity contribution in [2.24, 2.45) is 0 Å². The van der Waals surface area contributed by atoms with Crippen LogP contribution in [0.4, 0.5) is 0 Å². The number of ether oxygens (including phenoxy) is 1. The van der Waals surface area contributed by atoms with Crippen LogP contribution < -0.4 is 4.74 Å². The van der Waals surface area contributed by atoms with Crippen LogP contribution in [0.15, 0.2) is 18.2 Å². The number of carbonyl (C=O) groups excluding carboxylic acids is 1. The minimum Gasteiger partial charge on any atom is -0.507 e. The summed E-state index contributed by atoms with van der Waals surface area (Å²) in [6.45, 7) is 0.412. The molecule has 0 aromatic heterocycles. The van der Waals surface area contributed by atoms with E-state index in [1.807, 2.05) is 0 Å². The van der Waals surface area contributed by atoms with Gasteiger partial charge in [-0.3, -0.25) is 4.79 Å². The van der Waals surface area contributed by atoms with Gasteiger partial charge in [0.25, 0.3) is 0 Å². The van der Waals surface area contributed by atoms with Crippen LogP contribution in [0, 0.1) is 0 Å². The van der Waals surface area contributed by atoms with Crippen LogP contribution in [0.25, 0.3) is 0 Å². The molecule has 1 N–H and O–H groups in total. The van der Waals surface area contributed by atoms with Crippen LogP contribution in [0.3, 0.4) is 0 Å². The second-order valence-electron chi connectivity index (χ2n) is 2.67. The van der Waals surface area contributed by atoms with Crippen molar-refractivity contribution in [2.75, 3.05) is 6.61 Å². The average molecular weight is 164 g/mol. The fraction of sp³-hybridized carbons (Fsp3) is 0.222. The van der Waals surface area contributed by atoms with Crippen molar-refractivity contribution < 1.29 is 14.6 Å². The molecule has 3 nitrogen and oxygen atoms in total. The Morgan fingerprint density at radius 3 is 3.00 bits per heavy atom. The van der Waals surface area contributed by atoms with Crippen LogP contribution in [0.2, 0.25) is 0 Å². The normalized spacial score (nSPS) is 15.2. The molecule has 1 aliphatic rings. The smallest absolute Gasteiger partial charge is 0.173 e. The molecule has 0 fully saturated rings. The summed E-state index contributed by atoms with van der Waals surface area (Å²) in [6, 6.07) is 4.84. The number of hydrogen-bond acceptors (Lipinski definition) is 3. The maximum atomic E-state index is 11.3. The first kappa shape index (κ1) is 7.16. The predicted octanol–water partition coefficient (Wildman–Crippen LogP) is 1.36. The van der Waals surface area contributed by atoms with Gasteiger partial charge in [0.2, 0.25) is 0 Å². The van der Waals surface area contributed by atoms with E-state index in [1.165, 1.54) is 6.07 Å². The van der Waals surface area contributed by atoms with E-state index in [4.69, 9.17) is 4.74 Å². The number of phenolic OH excluding ortho intramolecular Hbond substituents is 1. The number of ketones is 1. The second-order valence-corrected chi connectivity index (χ2v) is 2.67. The van der Waals surface area contributed by atoms with E-state index in [-0.39, 0.29) is 11.5 Å². The maximum Gasteiger partial charge on any atom is 0.173 e. The second kappa shape index (κ2) is 2.52. The van der Waals surface area contributed by atoms with E-state index in [1.54, 1.807) is 12.1 Å². The summed E-state index contributed by atoms with van der Waals surface area (Å²) in [4.78, 5) is 11.3. The predicted molar refractivity (Wildman–Crippen MR) is 42.5 cm³/mol. The van der Waals surface area contributed by atoms with Crippen molar-refractivity contribution in [1.82, 2.24) is 0 Å². The molecule has 0 unspecified atom stereocenters. The number of aromatic hydroxyl groups is 1. The van der Waals surface area contributed by atoms with Crippen LogP contribution in [-0.2, 0) is 0 Å². The molecule has 0 spiro atoms. The van der Waals surface area contributed by atoms with Gasteiger partial charge in [-0.25, -0.2) is 0 Å². The summed E-state index contributed by atoms with van der Waals surface area (Å²) in [6.07, 6.45) is 0.352. The van der Waals surface area contributed by atoms with Crippen molar-refractivity contribution in [3.63, 3.8) is 0 Å². The molecule has 2 rings (SSSR count). The van der Waals surface area contributed by atoms with Gasteiger partial charge >= 0.3 is 0 Å². The Balaban J connectivity index is 2.60. The molecule has 62 valence electrons. The van der Waals surface area contributed by atoms with E-state index < -0.39 is 0 Å². The molecule has 1 aromatic carbocycles. The summed E-state index contributed by atoms with van der Waals surface area (Å²) in [5.74, 6) is 0.456. The molecule has 0 atom stereocenters. The van der Waals surface area contributed by atoms with Gasteiger partial charge in [-0.1, -0.05) is 6.07 Å². The highest BCUT2D eigenvalue weighted by Crippen LogP contribution is 2.31. The Labute approximate surface area is 69.6 Å². The first-order valence-electron chi connectivity index (χ1n) is 3.77. The van der Waals surface area contributed by atoms with Crippen LogP contribution in [0.1, 0.15) is 16.8 Å². The van der Waals surface area contributed by atoms with Crippen molar-refractivity contribution in [3.8, 4) is 11.5 Å². The lowest BCUT2D eigenvalue weighted by molar-refractivity contribution is 0.0930. The highest BCUT2D eigenvalue weighted by molar-refractivity contribution is 6.02. The third kappa shape index (κ3) is 0.942. The summed E-state index contributed by atoms with van der Waals surface area (Å²) in [7, 11) is 0. The highest BCUT2D eigenvalue weighted by atomic mass is 16.5. The summed E-state index contributed by atoms with van der Waals surface area (Å²) >= 11 is 0. The number of hydrogen-bond donors (Lipinski definition) is 1. The van der Waals surface area contributed by atoms with Gasteiger partial charge in [0.05, 0.1) is 6.61 Å². The van der Waals surface area contributed by atoms with Gasteiger partial charge in [0, 0.05) is 6.42 Å². The van der Waals surface area contributed by atoms with Gasteiger partial charge in [0.15, 0.2) is 5.78 Å². The number of rotatable bonds is 0. The van der Waals surface area contributed by atoms with Gasteiger partial charge in [0.1, 0.15) is 17.1 Å². The van der Waals surface area contributed by atoms with Crippen LogP contribution >= 0.6 is 0 Å². The van der Waals surface area contributed by atoms with E-state index in [2.05, 4.69) is 0 Å². The van der Waals surface area contributed by atoms with E-state index in [9.17, 15) is 9.90 Å². The molecule has 0 bridgehead atoms. The van der Waals surface area contributed by atoms with Crippen molar-refractivity contribution in [2.45, 2.75) is 6.42 Å². The Bertz CT molecular complexity index is 331. The zero-order valence-electron chi connectivity index (χ0n) is 6.41. The molecule has 12 heavy (non-hydrogen) atoms. The standard InChI is InChI=1S/C9H8O3/c10-6-2-1-3-8-9(6)7(11)4-5-12-8/h1-3,10H,4-5H2. The minimum atomic E-state index is -0.0469. The largest absolute Gasteiger partial charge is 0.507 e. The molecule has 0 saturated carbocycles. The Morgan fingerprint density at radius 2 is 2.25 bits per heavy atom. The van der Waals surface area contributed by atoms with Gasteiger partial charge in [-0.15, -0.1) is 0 Å². The third-order valence-corrected chi connectivity index (χ3v) is 1.87. The quantitative estimate of drug-likeness (QED) is 0.629. The lowest BCUT2D eigenvalue weighted by Crippen LogP contribution is -2.15. The Hall–Kier alpha value is -1.51. The van der Waals surface area contributed by atoms with Gasteiger partial charge in [-0.2, -0.15) is 0 Å². The fourth-order valence-electron chi connectivity index (χ4n) is 1.30. The molecule has 1 aliphatic heterocycles. The van der Waals surface area contributed by atoms with Gasteiger partial charge < -0.3 is 9.84 Å². The molecule has 0 aliphatic carbocycles. The minimum absolute atomic E-state index is 0.0113. The Kier molecular flexibility index (Phi) is 1.50. The van der Waals surface area contributed by atoms with Crippen LogP contribution in [-0.4, -0.2) is 17.5 Å². The summed E-state index contributed by atoms with van der Waals surface area (Å²) < 4.78 is 5.19. The number of Topliss-reactive ketones (excluding diaryl/α,β-unsaturated/α-hetero) is 1. The SMILES string of the molecule is O=C1CCOc2cccc(O)c21. The van der Waals surface area contributed by atoms with E-state index >= 15 is 0 Å². The van der Waals surface area contributed by atoms with E-state index in [0.717, 1.165) is 0 Å². The number of carbonyl (C=O) groups is 1. The topological polar surface area (TPSA) is 46.5 Å². The highest BCUT2D eigenvalue weighted by Gasteiger charge is 2.21. The number of fused-ring (bicyclic) bond motifs is 1.